The zero-order valence-corrected chi connectivity index (χ0v) is 17.0. The van der Waals surface area contributed by atoms with Gasteiger partial charge in [0.2, 0.25) is 0 Å². The van der Waals surface area contributed by atoms with Gasteiger partial charge in [-0.2, -0.15) is 0 Å². The summed E-state index contributed by atoms with van der Waals surface area (Å²) in [5.74, 6) is 1.46. The van der Waals surface area contributed by atoms with Crippen molar-refractivity contribution in [3.8, 4) is 0 Å². The Labute approximate surface area is 175 Å². The van der Waals surface area contributed by atoms with E-state index in [1.54, 1.807) is 0 Å². The van der Waals surface area contributed by atoms with Gasteiger partial charge in [0, 0.05) is 29.7 Å². The minimum atomic E-state index is -0.175. The molecule has 6 rings (SSSR count). The van der Waals surface area contributed by atoms with E-state index in [4.69, 9.17) is 11.6 Å². The topological polar surface area (TPSA) is 45.2 Å². The Morgan fingerprint density at radius 2 is 1.62 bits per heavy atom. The van der Waals surface area contributed by atoms with Crippen molar-refractivity contribution < 1.29 is 4.79 Å². The van der Waals surface area contributed by atoms with E-state index in [-0.39, 0.29) is 5.91 Å². The van der Waals surface area contributed by atoms with E-state index < -0.39 is 0 Å². The number of anilines is 2. The average molecular weight is 406 g/mol. The summed E-state index contributed by atoms with van der Waals surface area (Å²) < 4.78 is 0. The van der Waals surface area contributed by atoms with Gasteiger partial charge < -0.3 is 10.2 Å². The molecule has 2 aromatic carbocycles. The van der Waals surface area contributed by atoms with Crippen LogP contribution in [0.3, 0.4) is 0 Å². The molecule has 1 amide bonds. The Hall–Kier alpha value is -2.59. The first kappa shape index (κ1) is 18.4. The number of rotatable bonds is 3. The molecule has 3 aliphatic rings. The quantitative estimate of drug-likeness (QED) is 0.563. The Balaban J connectivity index is 1.32. The van der Waals surface area contributed by atoms with Crippen molar-refractivity contribution in [2.45, 2.75) is 25.7 Å². The predicted octanol–water partition coefficient (Wildman–Crippen LogP) is 5.77. The molecule has 2 bridgehead atoms. The summed E-state index contributed by atoms with van der Waals surface area (Å²) in [6, 6.07) is 17.5. The molecule has 1 aliphatic carbocycles. The number of aromatic nitrogens is 1. The number of nitrogens with zero attached hydrogens (tertiary/aromatic N) is 2. The van der Waals surface area contributed by atoms with Crippen LogP contribution in [0.15, 0.2) is 54.6 Å². The van der Waals surface area contributed by atoms with Gasteiger partial charge in [-0.15, -0.1) is 0 Å². The van der Waals surface area contributed by atoms with Crippen molar-refractivity contribution in [2.24, 2.45) is 11.8 Å². The van der Waals surface area contributed by atoms with Crippen molar-refractivity contribution >= 4 is 39.8 Å². The van der Waals surface area contributed by atoms with Crippen LogP contribution in [0.25, 0.3) is 10.9 Å². The molecule has 3 heterocycles. The molecule has 0 atom stereocenters. The van der Waals surface area contributed by atoms with Crippen LogP contribution >= 0.6 is 11.6 Å². The summed E-state index contributed by atoms with van der Waals surface area (Å²) in [6.07, 6.45) is 5.45. The van der Waals surface area contributed by atoms with Gasteiger partial charge in [0.05, 0.1) is 11.2 Å². The highest BCUT2D eigenvalue weighted by Gasteiger charge is 2.29. The van der Waals surface area contributed by atoms with Gasteiger partial charge in [-0.1, -0.05) is 29.8 Å². The van der Waals surface area contributed by atoms with E-state index in [1.165, 1.54) is 31.4 Å². The lowest BCUT2D eigenvalue weighted by molar-refractivity contribution is 0.102. The van der Waals surface area contributed by atoms with E-state index in [1.807, 2.05) is 42.5 Å². The van der Waals surface area contributed by atoms with Crippen LogP contribution in [0.1, 0.15) is 36.0 Å². The van der Waals surface area contributed by atoms with Crippen molar-refractivity contribution in [3.63, 3.8) is 0 Å². The lowest BCUT2D eigenvalue weighted by Gasteiger charge is -2.25. The average Bonchev–Trinajstić information content (AvgIpc) is 3.08. The molecule has 148 valence electrons. The number of amides is 1. The number of benzene rings is 2. The third kappa shape index (κ3) is 3.82. The number of halogens is 1. The predicted molar refractivity (Wildman–Crippen MR) is 119 cm³/mol. The molecule has 0 unspecified atom stereocenters. The molecule has 29 heavy (non-hydrogen) atoms. The van der Waals surface area contributed by atoms with Gasteiger partial charge in [0.25, 0.3) is 5.91 Å². The molecule has 5 heteroatoms. The fourth-order valence-electron chi connectivity index (χ4n) is 4.70. The van der Waals surface area contributed by atoms with Crippen LogP contribution in [0.4, 0.5) is 11.4 Å². The highest BCUT2D eigenvalue weighted by Crippen LogP contribution is 2.36. The highest BCUT2D eigenvalue weighted by molar-refractivity contribution is 6.33. The first-order chi connectivity index (χ1) is 14.2. The van der Waals surface area contributed by atoms with Gasteiger partial charge in [0.15, 0.2) is 5.15 Å². The molecule has 2 aliphatic heterocycles. The van der Waals surface area contributed by atoms with Crippen molar-refractivity contribution in [3.05, 3.63) is 65.3 Å². The maximum Gasteiger partial charge on any atom is 0.255 e. The van der Waals surface area contributed by atoms with Crippen LogP contribution < -0.4 is 10.2 Å². The van der Waals surface area contributed by atoms with Crippen LogP contribution in [0.2, 0.25) is 5.15 Å². The maximum absolute atomic E-state index is 12.7. The summed E-state index contributed by atoms with van der Waals surface area (Å²) in [6.45, 7) is 2.28. The molecule has 1 saturated carbocycles. The zero-order valence-electron chi connectivity index (χ0n) is 16.3. The number of fused-ring (bicyclic) bond motifs is 5. The molecule has 3 fully saturated rings. The van der Waals surface area contributed by atoms with Gasteiger partial charge in [-0.25, -0.2) is 4.98 Å². The third-order valence-electron chi connectivity index (χ3n) is 6.34. The Kier molecular flexibility index (Phi) is 4.88. The van der Waals surface area contributed by atoms with Gasteiger partial charge in [0.1, 0.15) is 0 Å². The first-order valence-corrected chi connectivity index (χ1v) is 10.7. The maximum atomic E-state index is 12.7. The van der Waals surface area contributed by atoms with Gasteiger partial charge >= 0.3 is 0 Å². The molecule has 4 nitrogen and oxygen atoms in total. The molecular formula is C24H24ClN3O. The van der Waals surface area contributed by atoms with Crippen LogP contribution in [0, 0.1) is 11.8 Å². The van der Waals surface area contributed by atoms with E-state index >= 15 is 0 Å². The Bertz CT molecular complexity index is 1030. The fourth-order valence-corrected chi connectivity index (χ4v) is 4.90. The second-order valence-corrected chi connectivity index (χ2v) is 8.67. The minimum absolute atomic E-state index is 0.175. The second-order valence-electron chi connectivity index (χ2n) is 8.31. The molecule has 3 aromatic rings. The molecule has 2 saturated heterocycles. The molecule has 0 spiro atoms. The normalized spacial score (nSPS) is 21.2. The number of nitrogens with one attached hydrogen (secondary N) is 1. The third-order valence-corrected chi connectivity index (χ3v) is 6.63. The second kappa shape index (κ2) is 7.68. The lowest BCUT2D eigenvalue weighted by Crippen LogP contribution is -2.28. The molecule has 1 N–H and O–H groups in total. The van der Waals surface area contributed by atoms with E-state index in [0.717, 1.165) is 35.8 Å². The summed E-state index contributed by atoms with van der Waals surface area (Å²) in [5.41, 5.74) is 3.18. The largest absolute Gasteiger partial charge is 0.371 e. The molecule has 0 radical (unpaired) electrons. The fraction of sp³-hybridized carbons (Fsp3) is 0.333. The monoisotopic (exact) mass is 405 g/mol. The molecule has 1 aromatic heterocycles. The summed E-state index contributed by atoms with van der Waals surface area (Å²) in [5, 5.41) is 4.15. The standard InChI is InChI=1S/C24H24ClN3O/c25-23-22(13-19-3-1-2-4-21(19)26-23)27-24(29)18-9-11-20(12-10-18)28-14-16-5-6-17(15-28)8-7-16/h1-4,9-13,16-17H,5-8,14-15H2,(H,27,29). The van der Waals surface area contributed by atoms with Gasteiger partial charge in [-0.05, 0) is 73.9 Å². The van der Waals surface area contributed by atoms with Crippen LogP contribution in [-0.4, -0.2) is 24.0 Å². The van der Waals surface area contributed by atoms with Crippen molar-refractivity contribution in [1.82, 2.24) is 4.98 Å². The summed E-state index contributed by atoms with van der Waals surface area (Å²) in [4.78, 5) is 19.6. The Morgan fingerprint density at radius 1 is 0.966 bits per heavy atom. The zero-order chi connectivity index (χ0) is 19.8. The van der Waals surface area contributed by atoms with Crippen LogP contribution in [0.5, 0.6) is 0 Å². The number of carbonyl (C=O) groups is 1. The summed E-state index contributed by atoms with van der Waals surface area (Å²) >= 11 is 6.28. The number of carbonyl (C=O) groups excluding carboxylic acids is 1. The van der Waals surface area contributed by atoms with Crippen LogP contribution in [-0.2, 0) is 0 Å². The first-order valence-electron chi connectivity index (χ1n) is 10.4. The lowest BCUT2D eigenvalue weighted by atomic mass is 9.84. The number of para-hydroxylation sites is 1. The van der Waals surface area contributed by atoms with Gasteiger partial charge in [-0.3, -0.25) is 4.79 Å². The van der Waals surface area contributed by atoms with Crippen molar-refractivity contribution in [1.29, 1.82) is 0 Å². The number of hydrogen-bond donors (Lipinski definition) is 1. The molecular weight excluding hydrogens is 382 g/mol. The SMILES string of the molecule is O=C(Nc1cc2ccccc2nc1Cl)c1ccc(N2CC3CCC(CC3)C2)cc1. The number of pyridine rings is 1. The van der Waals surface area contributed by atoms with E-state index in [9.17, 15) is 4.79 Å². The minimum Gasteiger partial charge on any atom is -0.371 e. The number of hydrogen-bond acceptors (Lipinski definition) is 3. The summed E-state index contributed by atoms with van der Waals surface area (Å²) in [7, 11) is 0. The highest BCUT2D eigenvalue weighted by atomic mass is 35.5. The smallest absolute Gasteiger partial charge is 0.255 e. The Morgan fingerprint density at radius 3 is 2.31 bits per heavy atom. The van der Waals surface area contributed by atoms with E-state index in [2.05, 4.69) is 27.3 Å². The van der Waals surface area contributed by atoms with Crippen molar-refractivity contribution in [2.75, 3.05) is 23.3 Å². The van der Waals surface area contributed by atoms with E-state index in [0.29, 0.717) is 16.4 Å².